The molecule has 21 heavy (non-hydrogen) atoms. The number of phosphoric ester groups is 1. The number of para-hydroxylation sites is 1. The Morgan fingerprint density at radius 2 is 1.10 bits per heavy atom. The molecule has 0 aliphatic heterocycles. The van der Waals surface area contributed by atoms with Gasteiger partial charge in [0.05, 0.1) is 56.4 Å². The molecule has 0 amide bonds. The van der Waals surface area contributed by atoms with Gasteiger partial charge in [-0.3, -0.25) is 0 Å². The molecule has 0 saturated heterocycles. The van der Waals surface area contributed by atoms with Gasteiger partial charge in [-0.05, 0) is 12.1 Å². The average molecular weight is 320 g/mol. The lowest BCUT2D eigenvalue weighted by Crippen LogP contribution is -2.27. The SMILES string of the molecule is C[N+](C)(C)C.C[N+](C)(C)C.O=P([O-])([O-])Oc1ccccc1. The summed E-state index contributed by atoms with van der Waals surface area (Å²) in [4.78, 5) is 20.1. The topological polar surface area (TPSA) is 72.4 Å². The van der Waals surface area contributed by atoms with Crippen molar-refractivity contribution in [1.29, 1.82) is 0 Å². The molecular weight excluding hydrogens is 291 g/mol. The third-order valence-corrected chi connectivity index (χ3v) is 1.39. The van der Waals surface area contributed by atoms with Crippen LogP contribution in [0.15, 0.2) is 30.3 Å². The minimum absolute atomic E-state index is 0.0424. The largest absolute Gasteiger partial charge is 0.780 e. The summed E-state index contributed by atoms with van der Waals surface area (Å²) in [5.41, 5.74) is 0. The summed E-state index contributed by atoms with van der Waals surface area (Å²) in [5.74, 6) is 0.0424. The van der Waals surface area contributed by atoms with Crippen LogP contribution in [0.25, 0.3) is 0 Å². The van der Waals surface area contributed by atoms with E-state index in [0.717, 1.165) is 8.97 Å². The molecule has 0 aromatic heterocycles. The van der Waals surface area contributed by atoms with Crippen molar-refractivity contribution in [3.63, 3.8) is 0 Å². The number of benzene rings is 1. The van der Waals surface area contributed by atoms with Crippen LogP contribution < -0.4 is 14.3 Å². The first-order valence-corrected chi connectivity index (χ1v) is 7.88. The second kappa shape index (κ2) is 9.18. The number of hydrogen-bond acceptors (Lipinski definition) is 4. The van der Waals surface area contributed by atoms with Crippen molar-refractivity contribution in [2.75, 3.05) is 56.4 Å². The Morgan fingerprint density at radius 1 is 0.810 bits per heavy atom. The highest BCUT2D eigenvalue weighted by Crippen LogP contribution is 2.28. The molecule has 0 saturated carbocycles. The molecule has 0 aliphatic rings. The number of phosphoric acid groups is 1. The first-order valence-electron chi connectivity index (χ1n) is 6.42. The van der Waals surface area contributed by atoms with Crippen molar-refractivity contribution in [2.45, 2.75) is 0 Å². The second-order valence-electron chi connectivity index (χ2n) is 7.22. The maximum atomic E-state index is 10.1. The van der Waals surface area contributed by atoms with Gasteiger partial charge in [0.15, 0.2) is 0 Å². The molecule has 0 heterocycles. The minimum atomic E-state index is -4.89. The van der Waals surface area contributed by atoms with Crippen LogP contribution in [0.2, 0.25) is 0 Å². The first kappa shape index (κ1) is 22.4. The Morgan fingerprint density at radius 3 is 1.33 bits per heavy atom. The van der Waals surface area contributed by atoms with E-state index in [1.807, 2.05) is 0 Å². The molecular formula is C14H29N2O4P. The van der Waals surface area contributed by atoms with Gasteiger partial charge in [-0.1, -0.05) is 18.2 Å². The molecule has 0 N–H and O–H groups in total. The zero-order chi connectivity index (χ0) is 17.3. The van der Waals surface area contributed by atoms with Gasteiger partial charge in [0.2, 0.25) is 0 Å². The fourth-order valence-corrected chi connectivity index (χ4v) is 0.990. The Balaban J connectivity index is 0. The van der Waals surface area contributed by atoms with Crippen LogP contribution in [-0.4, -0.2) is 65.3 Å². The van der Waals surface area contributed by atoms with Crippen molar-refractivity contribution < 1.29 is 27.8 Å². The van der Waals surface area contributed by atoms with E-state index in [0.29, 0.717) is 0 Å². The Kier molecular flexibility index (Phi) is 9.78. The van der Waals surface area contributed by atoms with Crippen LogP contribution >= 0.6 is 7.82 Å². The number of hydrogen-bond donors (Lipinski definition) is 0. The van der Waals surface area contributed by atoms with E-state index < -0.39 is 7.82 Å². The maximum absolute atomic E-state index is 10.1. The van der Waals surface area contributed by atoms with E-state index in [4.69, 9.17) is 0 Å². The van der Waals surface area contributed by atoms with Gasteiger partial charge >= 0.3 is 0 Å². The average Bonchev–Trinajstić information content (AvgIpc) is 2.10. The van der Waals surface area contributed by atoms with E-state index >= 15 is 0 Å². The quantitative estimate of drug-likeness (QED) is 0.589. The number of nitrogens with zero attached hydrogens (tertiary/aromatic N) is 2. The Hall–Kier alpha value is -0.910. The first-order chi connectivity index (χ1) is 9.08. The van der Waals surface area contributed by atoms with E-state index in [1.165, 1.54) is 12.1 Å². The highest BCUT2D eigenvalue weighted by atomic mass is 31.2. The highest BCUT2D eigenvalue weighted by Gasteiger charge is 1.92. The summed E-state index contributed by atoms with van der Waals surface area (Å²) in [5, 5.41) is 0. The molecule has 0 atom stereocenters. The third-order valence-electron chi connectivity index (χ3n) is 0.960. The van der Waals surface area contributed by atoms with E-state index in [1.54, 1.807) is 18.2 Å². The van der Waals surface area contributed by atoms with Gasteiger partial charge in [0.1, 0.15) is 13.6 Å². The van der Waals surface area contributed by atoms with Gasteiger partial charge in [-0.2, -0.15) is 0 Å². The van der Waals surface area contributed by atoms with Crippen molar-refractivity contribution >= 4 is 7.82 Å². The molecule has 0 aliphatic carbocycles. The molecule has 124 valence electrons. The Bertz CT molecular complexity index is 395. The van der Waals surface area contributed by atoms with Gasteiger partial charge < -0.3 is 27.8 Å². The van der Waals surface area contributed by atoms with E-state index in [9.17, 15) is 14.4 Å². The number of rotatable bonds is 2. The fourth-order valence-electron chi connectivity index (χ4n) is 0.610. The summed E-state index contributed by atoms with van der Waals surface area (Å²) in [7, 11) is 12.1. The minimum Gasteiger partial charge on any atom is -0.780 e. The molecule has 1 aromatic carbocycles. The summed E-state index contributed by atoms with van der Waals surface area (Å²) >= 11 is 0. The predicted molar refractivity (Wildman–Crippen MR) is 82.6 cm³/mol. The molecule has 6 nitrogen and oxygen atoms in total. The second-order valence-corrected chi connectivity index (χ2v) is 8.30. The third kappa shape index (κ3) is 38.1. The summed E-state index contributed by atoms with van der Waals surface area (Å²) < 4.78 is 16.1. The molecule has 1 rings (SSSR count). The Labute approximate surface area is 129 Å². The molecule has 0 unspecified atom stereocenters. The van der Waals surface area contributed by atoms with Crippen LogP contribution in [0.1, 0.15) is 0 Å². The maximum Gasteiger partial charge on any atom is 0.124 e. The highest BCUT2D eigenvalue weighted by molar-refractivity contribution is 7.43. The molecule has 1 aromatic rings. The summed E-state index contributed by atoms with van der Waals surface area (Å²) in [6, 6.07) is 7.62. The monoisotopic (exact) mass is 320 g/mol. The summed E-state index contributed by atoms with van der Waals surface area (Å²) in [6.07, 6.45) is 0. The van der Waals surface area contributed by atoms with Gasteiger partial charge in [0.25, 0.3) is 0 Å². The van der Waals surface area contributed by atoms with Crippen LogP contribution in [0.3, 0.4) is 0 Å². The lowest BCUT2D eigenvalue weighted by Gasteiger charge is -2.28. The van der Waals surface area contributed by atoms with Crippen molar-refractivity contribution in [3.05, 3.63) is 30.3 Å². The van der Waals surface area contributed by atoms with Gasteiger partial charge in [0, 0.05) is 0 Å². The van der Waals surface area contributed by atoms with E-state index in [-0.39, 0.29) is 5.75 Å². The standard InChI is InChI=1S/C6H7O4P.2C4H12N/c7-11(8,9)10-6-4-2-1-3-5-6;2*1-5(2,3)4/h1-5H,(H2,7,8,9);2*1-4H3/q;2*+1/p-2. The fraction of sp³-hybridized carbons (Fsp3) is 0.571. The van der Waals surface area contributed by atoms with Gasteiger partial charge in [-0.25, -0.2) is 0 Å². The van der Waals surface area contributed by atoms with Gasteiger partial charge in [-0.15, -0.1) is 0 Å². The van der Waals surface area contributed by atoms with Crippen LogP contribution in [0.5, 0.6) is 5.75 Å². The van der Waals surface area contributed by atoms with Crippen molar-refractivity contribution in [2.24, 2.45) is 0 Å². The van der Waals surface area contributed by atoms with Crippen LogP contribution in [0.4, 0.5) is 0 Å². The zero-order valence-corrected chi connectivity index (χ0v) is 15.3. The smallest absolute Gasteiger partial charge is 0.124 e. The van der Waals surface area contributed by atoms with E-state index in [2.05, 4.69) is 60.9 Å². The lowest BCUT2D eigenvalue weighted by molar-refractivity contribution is -0.849. The van der Waals surface area contributed by atoms with Crippen LogP contribution in [-0.2, 0) is 4.57 Å². The van der Waals surface area contributed by atoms with Crippen molar-refractivity contribution in [3.8, 4) is 5.75 Å². The normalized spacial score (nSPS) is 11.5. The zero-order valence-electron chi connectivity index (χ0n) is 14.4. The summed E-state index contributed by atoms with van der Waals surface area (Å²) in [6.45, 7) is 0. The lowest BCUT2D eigenvalue weighted by atomic mass is 10.3. The van der Waals surface area contributed by atoms with Crippen LogP contribution in [0, 0.1) is 0 Å². The predicted octanol–water partition coefficient (Wildman–Crippen LogP) is 0.539. The molecule has 0 fully saturated rings. The molecule has 0 spiro atoms. The molecule has 0 radical (unpaired) electrons. The van der Waals surface area contributed by atoms with Crippen molar-refractivity contribution in [1.82, 2.24) is 0 Å². The molecule has 7 heteroatoms. The number of quaternary nitrogens is 2. The molecule has 0 bridgehead atoms.